The van der Waals surface area contributed by atoms with Gasteiger partial charge in [-0.05, 0) is 37.9 Å². The maximum absolute atomic E-state index is 11.0. The van der Waals surface area contributed by atoms with Gasteiger partial charge in [0, 0.05) is 6.04 Å². The van der Waals surface area contributed by atoms with Crippen LogP contribution in [0.3, 0.4) is 0 Å². The zero-order valence-electron chi connectivity index (χ0n) is 10.9. The minimum absolute atomic E-state index is 0.144. The third kappa shape index (κ3) is 2.91. The Bertz CT molecular complexity index is 383. The highest BCUT2D eigenvalue weighted by molar-refractivity contribution is 5.70. The Kier molecular flexibility index (Phi) is 4.37. The summed E-state index contributed by atoms with van der Waals surface area (Å²) in [4.78, 5) is 13.4. The minimum atomic E-state index is -0.637. The summed E-state index contributed by atoms with van der Waals surface area (Å²) in [6, 6.07) is 10.9. The standard InChI is InChI=1S/C15H21NO2/c1-2-14(12-6-4-3-5-7-12)16-10-8-13(9-11-16)15(17)18/h3-7,13-14H,2,8-11H2,1H3,(H,17,18). The van der Waals surface area contributed by atoms with Gasteiger partial charge in [0.2, 0.25) is 0 Å². The van der Waals surface area contributed by atoms with Crippen LogP contribution in [0.15, 0.2) is 30.3 Å². The number of carboxylic acids is 1. The molecule has 0 saturated carbocycles. The molecule has 1 aromatic rings. The molecule has 0 radical (unpaired) electrons. The van der Waals surface area contributed by atoms with Crippen molar-refractivity contribution in [3.63, 3.8) is 0 Å². The van der Waals surface area contributed by atoms with E-state index in [2.05, 4.69) is 36.1 Å². The normalized spacial score (nSPS) is 19.6. The van der Waals surface area contributed by atoms with Crippen molar-refractivity contribution in [1.82, 2.24) is 4.90 Å². The van der Waals surface area contributed by atoms with E-state index in [1.807, 2.05) is 6.07 Å². The predicted molar refractivity (Wildman–Crippen MR) is 71.4 cm³/mol. The van der Waals surface area contributed by atoms with E-state index in [0.717, 1.165) is 32.4 Å². The van der Waals surface area contributed by atoms with Gasteiger partial charge in [-0.3, -0.25) is 9.69 Å². The van der Waals surface area contributed by atoms with Gasteiger partial charge in [0.15, 0.2) is 0 Å². The van der Waals surface area contributed by atoms with Gasteiger partial charge in [0.05, 0.1) is 5.92 Å². The molecule has 18 heavy (non-hydrogen) atoms. The zero-order valence-corrected chi connectivity index (χ0v) is 10.9. The second kappa shape index (κ2) is 6.01. The number of aliphatic carboxylic acids is 1. The molecule has 1 N–H and O–H groups in total. The molecule has 1 aliphatic rings. The van der Waals surface area contributed by atoms with E-state index >= 15 is 0 Å². The number of rotatable bonds is 4. The molecule has 1 heterocycles. The Balaban J connectivity index is 2.01. The maximum atomic E-state index is 11.0. The Hall–Kier alpha value is -1.35. The van der Waals surface area contributed by atoms with Crippen LogP contribution in [0.5, 0.6) is 0 Å². The monoisotopic (exact) mass is 247 g/mol. The molecule has 1 aliphatic heterocycles. The van der Waals surface area contributed by atoms with Crippen LogP contribution in [-0.2, 0) is 4.79 Å². The molecule has 0 amide bonds. The first-order chi connectivity index (χ1) is 8.72. The van der Waals surface area contributed by atoms with Gasteiger partial charge in [0.25, 0.3) is 0 Å². The maximum Gasteiger partial charge on any atom is 0.306 e. The van der Waals surface area contributed by atoms with Crippen LogP contribution in [0, 0.1) is 5.92 Å². The van der Waals surface area contributed by atoms with Crippen molar-refractivity contribution in [2.45, 2.75) is 32.2 Å². The Labute approximate surface area is 108 Å². The Morgan fingerprint density at radius 3 is 2.44 bits per heavy atom. The van der Waals surface area contributed by atoms with Crippen LogP contribution < -0.4 is 0 Å². The van der Waals surface area contributed by atoms with E-state index in [-0.39, 0.29) is 5.92 Å². The van der Waals surface area contributed by atoms with Crippen molar-refractivity contribution < 1.29 is 9.90 Å². The molecular weight excluding hydrogens is 226 g/mol. The second-order valence-electron chi connectivity index (χ2n) is 4.98. The van der Waals surface area contributed by atoms with Crippen molar-refractivity contribution in [1.29, 1.82) is 0 Å². The topological polar surface area (TPSA) is 40.5 Å². The van der Waals surface area contributed by atoms with Crippen LogP contribution in [0.2, 0.25) is 0 Å². The average molecular weight is 247 g/mol. The van der Waals surface area contributed by atoms with Crippen molar-refractivity contribution in [2.24, 2.45) is 5.92 Å². The molecule has 1 unspecified atom stereocenters. The molecule has 3 heteroatoms. The number of carbonyl (C=O) groups is 1. The van der Waals surface area contributed by atoms with Crippen LogP contribution in [-0.4, -0.2) is 29.1 Å². The van der Waals surface area contributed by atoms with E-state index in [1.54, 1.807) is 0 Å². The lowest BCUT2D eigenvalue weighted by Crippen LogP contribution is -2.38. The fourth-order valence-corrected chi connectivity index (χ4v) is 2.84. The summed E-state index contributed by atoms with van der Waals surface area (Å²) < 4.78 is 0. The van der Waals surface area contributed by atoms with Crippen LogP contribution in [0.25, 0.3) is 0 Å². The molecule has 0 spiro atoms. The highest BCUT2D eigenvalue weighted by atomic mass is 16.4. The predicted octanol–water partition coefficient (Wildman–Crippen LogP) is 2.93. The highest BCUT2D eigenvalue weighted by Crippen LogP contribution is 2.29. The lowest BCUT2D eigenvalue weighted by molar-refractivity contribution is -0.143. The first kappa shape index (κ1) is 13.1. The van der Waals surface area contributed by atoms with E-state index in [1.165, 1.54) is 5.56 Å². The third-order valence-corrected chi connectivity index (χ3v) is 3.89. The first-order valence-corrected chi connectivity index (χ1v) is 6.74. The molecule has 0 bridgehead atoms. The van der Waals surface area contributed by atoms with Crippen LogP contribution in [0.1, 0.15) is 37.8 Å². The summed E-state index contributed by atoms with van der Waals surface area (Å²) in [5.74, 6) is -0.781. The number of carboxylic acid groups (broad SMARTS) is 1. The fourth-order valence-electron chi connectivity index (χ4n) is 2.84. The SMILES string of the molecule is CCC(c1ccccc1)N1CCC(C(=O)O)CC1. The van der Waals surface area contributed by atoms with Gasteiger partial charge in [0.1, 0.15) is 0 Å². The average Bonchev–Trinajstić information content (AvgIpc) is 2.41. The largest absolute Gasteiger partial charge is 0.481 e. The Morgan fingerprint density at radius 1 is 1.33 bits per heavy atom. The number of hydrogen-bond donors (Lipinski definition) is 1. The quantitative estimate of drug-likeness (QED) is 0.889. The molecule has 1 atom stereocenters. The van der Waals surface area contributed by atoms with E-state index in [0.29, 0.717) is 6.04 Å². The van der Waals surface area contributed by atoms with Gasteiger partial charge >= 0.3 is 5.97 Å². The summed E-state index contributed by atoms with van der Waals surface area (Å²) in [6.45, 7) is 3.98. The molecule has 3 nitrogen and oxygen atoms in total. The molecule has 1 saturated heterocycles. The van der Waals surface area contributed by atoms with Gasteiger partial charge in [-0.2, -0.15) is 0 Å². The highest BCUT2D eigenvalue weighted by Gasteiger charge is 2.28. The minimum Gasteiger partial charge on any atom is -0.481 e. The summed E-state index contributed by atoms with van der Waals surface area (Å²) >= 11 is 0. The number of hydrogen-bond acceptors (Lipinski definition) is 2. The van der Waals surface area contributed by atoms with Gasteiger partial charge < -0.3 is 5.11 Å². The number of nitrogens with zero attached hydrogens (tertiary/aromatic N) is 1. The van der Waals surface area contributed by atoms with E-state index < -0.39 is 5.97 Å². The molecule has 1 aromatic carbocycles. The number of benzene rings is 1. The number of likely N-dealkylation sites (tertiary alicyclic amines) is 1. The van der Waals surface area contributed by atoms with Crippen LogP contribution in [0.4, 0.5) is 0 Å². The van der Waals surface area contributed by atoms with Gasteiger partial charge in [-0.1, -0.05) is 37.3 Å². The summed E-state index contributed by atoms with van der Waals surface area (Å²) in [6.07, 6.45) is 2.62. The molecule has 98 valence electrons. The smallest absolute Gasteiger partial charge is 0.306 e. The van der Waals surface area contributed by atoms with E-state index in [9.17, 15) is 4.79 Å². The van der Waals surface area contributed by atoms with Crippen molar-refractivity contribution in [2.75, 3.05) is 13.1 Å². The van der Waals surface area contributed by atoms with E-state index in [4.69, 9.17) is 5.11 Å². The molecule has 0 aromatic heterocycles. The third-order valence-electron chi connectivity index (χ3n) is 3.89. The first-order valence-electron chi connectivity index (χ1n) is 6.74. The Morgan fingerprint density at radius 2 is 1.94 bits per heavy atom. The summed E-state index contributed by atoms with van der Waals surface area (Å²) in [5, 5.41) is 9.02. The van der Waals surface area contributed by atoms with Gasteiger partial charge in [-0.15, -0.1) is 0 Å². The molecular formula is C15H21NO2. The number of piperidine rings is 1. The fraction of sp³-hybridized carbons (Fsp3) is 0.533. The summed E-state index contributed by atoms with van der Waals surface area (Å²) in [5.41, 5.74) is 1.34. The molecule has 0 aliphatic carbocycles. The molecule has 2 rings (SSSR count). The zero-order chi connectivity index (χ0) is 13.0. The van der Waals surface area contributed by atoms with Gasteiger partial charge in [-0.25, -0.2) is 0 Å². The lowest BCUT2D eigenvalue weighted by atomic mass is 9.93. The van der Waals surface area contributed by atoms with Crippen LogP contribution >= 0.6 is 0 Å². The van der Waals surface area contributed by atoms with Crippen molar-refractivity contribution in [3.05, 3.63) is 35.9 Å². The van der Waals surface area contributed by atoms with Crippen molar-refractivity contribution >= 4 is 5.97 Å². The lowest BCUT2D eigenvalue weighted by Gasteiger charge is -2.36. The second-order valence-corrected chi connectivity index (χ2v) is 4.98. The van der Waals surface area contributed by atoms with Crippen molar-refractivity contribution in [3.8, 4) is 0 Å². The summed E-state index contributed by atoms with van der Waals surface area (Å²) in [7, 11) is 0. The molecule has 1 fully saturated rings.